The van der Waals surface area contributed by atoms with Crippen molar-refractivity contribution >= 4 is 33.5 Å². The number of ketones is 1. The summed E-state index contributed by atoms with van der Waals surface area (Å²) in [4.78, 5) is 12.6. The Morgan fingerprint density at radius 1 is 1.12 bits per heavy atom. The Kier molecular flexibility index (Phi) is 5.37. The molecule has 0 fully saturated rings. The highest BCUT2D eigenvalue weighted by atomic mass is 79.9. The van der Waals surface area contributed by atoms with Crippen LogP contribution in [-0.4, -0.2) is 33.2 Å². The third kappa shape index (κ3) is 3.62. The van der Waals surface area contributed by atoms with Gasteiger partial charge in [0.1, 0.15) is 19.0 Å². The third-order valence-electron chi connectivity index (χ3n) is 3.85. The first-order valence-corrected chi connectivity index (χ1v) is 8.66. The number of carbonyl (C=O) groups excluding carboxylic acids is 1. The summed E-state index contributed by atoms with van der Waals surface area (Å²) in [6.45, 7) is 0.939. The zero-order chi connectivity index (χ0) is 18.7. The number of ether oxygens (including phenoxy) is 4. The molecule has 0 radical (unpaired) electrons. The van der Waals surface area contributed by atoms with E-state index in [0.29, 0.717) is 51.9 Å². The van der Waals surface area contributed by atoms with Crippen LogP contribution in [-0.2, 0) is 0 Å². The molecule has 0 atom stereocenters. The number of allylic oxidation sites excluding steroid dienone is 1. The van der Waals surface area contributed by atoms with Gasteiger partial charge in [0, 0.05) is 5.56 Å². The van der Waals surface area contributed by atoms with Crippen LogP contribution in [0.1, 0.15) is 15.9 Å². The molecule has 1 aliphatic rings. The molecule has 0 saturated heterocycles. The molecule has 136 valence electrons. The molecule has 2 aromatic rings. The topological polar surface area (TPSA) is 80.0 Å². The lowest BCUT2D eigenvalue weighted by atomic mass is 10.1. The van der Waals surface area contributed by atoms with Crippen LogP contribution in [0.15, 0.2) is 34.8 Å². The minimum Gasteiger partial charge on any atom is -0.495 e. The third-order valence-corrected chi connectivity index (χ3v) is 4.44. The van der Waals surface area contributed by atoms with Crippen LogP contribution in [0.4, 0.5) is 5.69 Å². The average molecular weight is 420 g/mol. The van der Waals surface area contributed by atoms with Crippen LogP contribution < -0.4 is 24.7 Å². The highest BCUT2D eigenvalue weighted by molar-refractivity contribution is 9.12. The standard InChI is InChI=1S/C19H18BrNO5/c1-23-15-4-3-12(10-14(15)21)18(22)13(20)7-11-8-16(24-2)19-17(9-11)25-5-6-26-19/h3-4,7-10H,5-6,21H2,1-2H3/b13-7+. The Morgan fingerprint density at radius 3 is 2.54 bits per heavy atom. The molecule has 2 N–H and O–H groups in total. The predicted octanol–water partition coefficient (Wildman–Crippen LogP) is 3.68. The van der Waals surface area contributed by atoms with Crippen LogP contribution in [0, 0.1) is 0 Å². The number of methoxy groups -OCH3 is 2. The van der Waals surface area contributed by atoms with Crippen LogP contribution >= 0.6 is 15.9 Å². The lowest BCUT2D eigenvalue weighted by molar-refractivity contribution is 0.104. The van der Waals surface area contributed by atoms with E-state index in [9.17, 15) is 4.79 Å². The molecule has 1 aliphatic heterocycles. The monoisotopic (exact) mass is 419 g/mol. The first kappa shape index (κ1) is 18.1. The van der Waals surface area contributed by atoms with Crippen molar-refractivity contribution in [2.75, 3.05) is 33.2 Å². The number of rotatable bonds is 5. The molecule has 0 spiro atoms. The van der Waals surface area contributed by atoms with Gasteiger partial charge in [-0.1, -0.05) is 0 Å². The Labute approximate surface area is 159 Å². The molecule has 0 unspecified atom stereocenters. The zero-order valence-corrected chi connectivity index (χ0v) is 16.0. The second-order valence-corrected chi connectivity index (χ2v) is 6.38. The molecule has 2 aromatic carbocycles. The minimum atomic E-state index is -0.201. The van der Waals surface area contributed by atoms with E-state index in [1.54, 1.807) is 43.5 Å². The Morgan fingerprint density at radius 2 is 1.85 bits per heavy atom. The van der Waals surface area contributed by atoms with Gasteiger partial charge in [0.25, 0.3) is 0 Å². The van der Waals surface area contributed by atoms with E-state index in [1.807, 2.05) is 0 Å². The maximum absolute atomic E-state index is 12.6. The van der Waals surface area contributed by atoms with Crippen LogP contribution in [0.2, 0.25) is 0 Å². The van der Waals surface area contributed by atoms with Gasteiger partial charge in [0.2, 0.25) is 5.75 Å². The fourth-order valence-electron chi connectivity index (χ4n) is 2.60. The fraction of sp³-hybridized carbons (Fsp3) is 0.211. The summed E-state index contributed by atoms with van der Waals surface area (Å²) < 4.78 is 22.0. The summed E-state index contributed by atoms with van der Waals surface area (Å²) in [5, 5.41) is 0. The first-order valence-electron chi connectivity index (χ1n) is 7.86. The van der Waals surface area contributed by atoms with Crippen molar-refractivity contribution in [2.45, 2.75) is 0 Å². The largest absolute Gasteiger partial charge is 0.495 e. The number of Topliss-reactive ketones (excluding diaryl/α,β-unsaturated/α-hetero) is 1. The molecule has 1 heterocycles. The molecule has 0 bridgehead atoms. The van der Waals surface area contributed by atoms with Crippen molar-refractivity contribution in [1.82, 2.24) is 0 Å². The van der Waals surface area contributed by atoms with Gasteiger partial charge in [0.05, 0.1) is 24.4 Å². The van der Waals surface area contributed by atoms with Gasteiger partial charge in [-0.25, -0.2) is 0 Å². The van der Waals surface area contributed by atoms with Gasteiger partial charge >= 0.3 is 0 Å². The van der Waals surface area contributed by atoms with Crippen LogP contribution in [0.25, 0.3) is 6.08 Å². The lowest BCUT2D eigenvalue weighted by Gasteiger charge is -2.21. The summed E-state index contributed by atoms with van der Waals surface area (Å²) >= 11 is 3.35. The summed E-state index contributed by atoms with van der Waals surface area (Å²) in [6, 6.07) is 8.49. The van der Waals surface area contributed by atoms with E-state index in [2.05, 4.69) is 15.9 Å². The Bertz CT molecular complexity index is 861. The lowest BCUT2D eigenvalue weighted by Crippen LogP contribution is -2.16. The van der Waals surface area contributed by atoms with Gasteiger partial charge in [-0.05, 0) is 57.9 Å². The number of halogens is 1. The second kappa shape index (κ2) is 7.70. The van der Waals surface area contributed by atoms with Crippen LogP contribution in [0.5, 0.6) is 23.0 Å². The van der Waals surface area contributed by atoms with Gasteiger partial charge in [0.15, 0.2) is 17.3 Å². The second-order valence-electron chi connectivity index (χ2n) is 5.53. The number of fused-ring (bicyclic) bond motifs is 1. The Hall–Kier alpha value is -2.67. The molecule has 0 aliphatic carbocycles. The number of hydrogen-bond acceptors (Lipinski definition) is 6. The average Bonchev–Trinajstić information content (AvgIpc) is 2.66. The molecule has 3 rings (SSSR count). The maximum atomic E-state index is 12.6. The summed E-state index contributed by atoms with van der Waals surface area (Å²) in [7, 11) is 3.08. The SMILES string of the molecule is COc1ccc(C(=O)/C(Br)=C\c2cc(OC)c3c(c2)OCCO3)cc1N. The van der Waals surface area contributed by atoms with E-state index >= 15 is 0 Å². The van der Waals surface area contributed by atoms with E-state index in [4.69, 9.17) is 24.7 Å². The van der Waals surface area contributed by atoms with E-state index < -0.39 is 0 Å². The van der Waals surface area contributed by atoms with Crippen molar-refractivity contribution in [2.24, 2.45) is 0 Å². The van der Waals surface area contributed by atoms with Gasteiger partial charge in [-0.15, -0.1) is 0 Å². The van der Waals surface area contributed by atoms with Crippen molar-refractivity contribution in [1.29, 1.82) is 0 Å². The number of hydrogen-bond donors (Lipinski definition) is 1. The molecule has 6 nitrogen and oxygen atoms in total. The first-order chi connectivity index (χ1) is 12.5. The Balaban J connectivity index is 1.91. The van der Waals surface area contributed by atoms with Crippen LogP contribution in [0.3, 0.4) is 0 Å². The van der Waals surface area contributed by atoms with Crippen molar-refractivity contribution in [3.05, 3.63) is 45.9 Å². The number of carbonyl (C=O) groups is 1. The number of benzene rings is 2. The van der Waals surface area contributed by atoms with Gasteiger partial charge in [-0.3, -0.25) is 4.79 Å². The minimum absolute atomic E-state index is 0.201. The zero-order valence-electron chi connectivity index (χ0n) is 14.4. The maximum Gasteiger partial charge on any atom is 0.203 e. The van der Waals surface area contributed by atoms with E-state index in [-0.39, 0.29) is 5.78 Å². The summed E-state index contributed by atoms with van der Waals surface area (Å²) in [5.41, 5.74) is 7.48. The molecule has 7 heteroatoms. The highest BCUT2D eigenvalue weighted by Crippen LogP contribution is 2.41. The van der Waals surface area contributed by atoms with Crippen molar-refractivity contribution in [3.8, 4) is 23.0 Å². The fourth-order valence-corrected chi connectivity index (χ4v) is 3.10. The number of nitrogen functional groups attached to an aromatic ring is 1. The molecule has 0 amide bonds. The number of anilines is 1. The van der Waals surface area contributed by atoms with Gasteiger partial charge < -0.3 is 24.7 Å². The molecule has 0 aromatic heterocycles. The smallest absolute Gasteiger partial charge is 0.203 e. The van der Waals surface area contributed by atoms with Crippen molar-refractivity contribution in [3.63, 3.8) is 0 Å². The summed E-state index contributed by atoms with van der Waals surface area (Å²) in [6.07, 6.45) is 1.70. The van der Waals surface area contributed by atoms with Gasteiger partial charge in [-0.2, -0.15) is 0 Å². The molecular weight excluding hydrogens is 402 g/mol. The van der Waals surface area contributed by atoms with E-state index in [1.165, 1.54) is 7.11 Å². The van der Waals surface area contributed by atoms with E-state index in [0.717, 1.165) is 5.56 Å². The highest BCUT2D eigenvalue weighted by Gasteiger charge is 2.19. The quantitative estimate of drug-likeness (QED) is 0.452. The molecular formula is C19H18BrNO5. The molecule has 26 heavy (non-hydrogen) atoms. The number of nitrogens with two attached hydrogens (primary N) is 1. The summed E-state index contributed by atoms with van der Waals surface area (Å²) in [5.74, 6) is 2.03. The van der Waals surface area contributed by atoms with Crippen molar-refractivity contribution < 1.29 is 23.7 Å². The predicted molar refractivity (Wildman–Crippen MR) is 103 cm³/mol. The normalized spacial score (nSPS) is 13.3. The molecule has 0 saturated carbocycles.